The summed E-state index contributed by atoms with van der Waals surface area (Å²) in [6.45, 7) is 5.85. The largest absolute Gasteiger partial charge is 0.310 e. The Morgan fingerprint density at radius 2 is 2.11 bits per heavy atom. The first-order chi connectivity index (χ1) is 8.74. The minimum absolute atomic E-state index is 0.618. The van der Waals surface area contributed by atoms with E-state index >= 15 is 0 Å². The molecule has 98 valence electrons. The number of hydrogen-bond acceptors (Lipinski definition) is 1. The Bertz CT molecular complexity index is 424. The highest BCUT2D eigenvalue weighted by Gasteiger charge is 2.26. The number of fused-ring (bicyclic) bond motifs is 1. The van der Waals surface area contributed by atoms with Gasteiger partial charge in [-0.15, -0.1) is 0 Å². The minimum atomic E-state index is 0.618. The van der Waals surface area contributed by atoms with E-state index in [-0.39, 0.29) is 0 Å². The van der Waals surface area contributed by atoms with Gasteiger partial charge in [0.15, 0.2) is 0 Å². The maximum absolute atomic E-state index is 3.84. The first-order valence-electron chi connectivity index (χ1n) is 7.57. The van der Waals surface area contributed by atoms with E-state index in [1.54, 1.807) is 11.1 Å². The minimum Gasteiger partial charge on any atom is -0.310 e. The average molecular weight is 243 g/mol. The predicted molar refractivity (Wildman–Crippen MR) is 76.7 cm³/mol. The number of nitrogens with one attached hydrogen (secondary N) is 1. The van der Waals surface area contributed by atoms with Gasteiger partial charge in [-0.2, -0.15) is 0 Å². The summed E-state index contributed by atoms with van der Waals surface area (Å²) in [4.78, 5) is 0. The van der Waals surface area contributed by atoms with Crippen molar-refractivity contribution in [3.8, 4) is 0 Å². The molecule has 1 heteroatoms. The highest BCUT2D eigenvalue weighted by atomic mass is 14.9. The summed E-state index contributed by atoms with van der Waals surface area (Å²) < 4.78 is 0. The van der Waals surface area contributed by atoms with Crippen LogP contribution in [0.15, 0.2) is 18.2 Å². The maximum Gasteiger partial charge on any atom is 0.0326 e. The molecule has 0 bridgehead atoms. The molecule has 1 aromatic rings. The van der Waals surface area contributed by atoms with Crippen molar-refractivity contribution in [2.45, 2.75) is 52.0 Å². The zero-order valence-electron chi connectivity index (χ0n) is 11.7. The summed E-state index contributed by atoms with van der Waals surface area (Å²) in [6, 6.07) is 7.58. The van der Waals surface area contributed by atoms with Crippen molar-refractivity contribution in [3.63, 3.8) is 0 Å². The maximum atomic E-state index is 3.84. The summed E-state index contributed by atoms with van der Waals surface area (Å²) in [5.41, 5.74) is 4.54. The molecule has 0 aromatic heterocycles. The summed E-state index contributed by atoms with van der Waals surface area (Å²) in [5.74, 6) is 1.84. The van der Waals surface area contributed by atoms with Crippen molar-refractivity contribution in [3.05, 3.63) is 34.9 Å². The lowest BCUT2D eigenvalue weighted by molar-refractivity contribution is 0.367. The molecule has 3 unspecified atom stereocenters. The Morgan fingerprint density at radius 3 is 2.89 bits per heavy atom. The summed E-state index contributed by atoms with van der Waals surface area (Å²) in [7, 11) is 0. The fraction of sp³-hybridized carbons (Fsp3) is 0.647. The smallest absolute Gasteiger partial charge is 0.0326 e. The highest BCUT2D eigenvalue weighted by molar-refractivity contribution is 5.37. The molecule has 3 rings (SSSR count). The zero-order chi connectivity index (χ0) is 12.5. The molecule has 0 heterocycles. The fourth-order valence-corrected chi connectivity index (χ4v) is 3.75. The lowest BCUT2D eigenvalue weighted by atomic mass is 9.97. The summed E-state index contributed by atoms with van der Waals surface area (Å²) in [5, 5.41) is 3.84. The first-order valence-corrected chi connectivity index (χ1v) is 7.57. The normalized spacial score (nSPS) is 30.7. The Morgan fingerprint density at radius 1 is 1.22 bits per heavy atom. The van der Waals surface area contributed by atoms with Crippen LogP contribution in [0.4, 0.5) is 0 Å². The number of benzene rings is 1. The van der Waals surface area contributed by atoms with E-state index in [1.807, 2.05) is 0 Å². The molecular weight excluding hydrogens is 218 g/mol. The van der Waals surface area contributed by atoms with E-state index in [0.29, 0.717) is 6.04 Å². The molecule has 0 amide bonds. The topological polar surface area (TPSA) is 12.0 Å². The number of hydrogen-bond donors (Lipinski definition) is 1. The molecule has 1 nitrogen and oxygen atoms in total. The Labute approximate surface area is 111 Å². The van der Waals surface area contributed by atoms with Crippen LogP contribution in [0.1, 0.15) is 55.3 Å². The molecule has 1 aromatic carbocycles. The summed E-state index contributed by atoms with van der Waals surface area (Å²) >= 11 is 0. The van der Waals surface area contributed by atoms with E-state index in [1.165, 1.54) is 44.2 Å². The van der Waals surface area contributed by atoms with Gasteiger partial charge in [0.25, 0.3) is 0 Å². The third kappa shape index (κ3) is 2.33. The zero-order valence-corrected chi connectivity index (χ0v) is 11.7. The van der Waals surface area contributed by atoms with Gasteiger partial charge in [-0.3, -0.25) is 0 Å². The molecule has 2 aliphatic carbocycles. The second kappa shape index (κ2) is 5.05. The van der Waals surface area contributed by atoms with Gasteiger partial charge >= 0.3 is 0 Å². The molecule has 0 saturated heterocycles. The molecule has 1 saturated carbocycles. The lowest BCUT2D eigenvalue weighted by Gasteiger charge is -2.20. The van der Waals surface area contributed by atoms with E-state index in [4.69, 9.17) is 0 Å². The van der Waals surface area contributed by atoms with Gasteiger partial charge in [0.2, 0.25) is 0 Å². The van der Waals surface area contributed by atoms with Crippen molar-refractivity contribution >= 4 is 0 Å². The average Bonchev–Trinajstić information content (AvgIpc) is 2.93. The van der Waals surface area contributed by atoms with Gasteiger partial charge in [-0.05, 0) is 55.7 Å². The van der Waals surface area contributed by atoms with Crippen molar-refractivity contribution in [1.29, 1.82) is 0 Å². The molecule has 0 spiro atoms. The molecule has 0 radical (unpaired) electrons. The number of rotatable bonds is 3. The van der Waals surface area contributed by atoms with Crippen LogP contribution >= 0.6 is 0 Å². The molecule has 1 N–H and O–H groups in total. The number of aryl methyl sites for hydroxylation is 2. The highest BCUT2D eigenvalue weighted by Crippen LogP contribution is 2.34. The third-order valence-corrected chi connectivity index (χ3v) is 5.04. The second-order valence-electron chi connectivity index (χ2n) is 6.37. The quantitative estimate of drug-likeness (QED) is 0.846. The van der Waals surface area contributed by atoms with Gasteiger partial charge in [-0.25, -0.2) is 0 Å². The van der Waals surface area contributed by atoms with Gasteiger partial charge in [0.05, 0.1) is 0 Å². The molecular formula is C17H25N. The Balaban J connectivity index is 1.64. The van der Waals surface area contributed by atoms with Gasteiger partial charge in [0.1, 0.15) is 0 Å². The van der Waals surface area contributed by atoms with Crippen molar-refractivity contribution in [2.75, 3.05) is 6.54 Å². The SMILES string of the molecule is Cc1ccc2c(c1)C(NCC1CCCC1C)CC2. The Kier molecular flexibility index (Phi) is 3.43. The van der Waals surface area contributed by atoms with Crippen LogP contribution in [0.3, 0.4) is 0 Å². The van der Waals surface area contributed by atoms with Crippen LogP contribution in [-0.2, 0) is 6.42 Å². The van der Waals surface area contributed by atoms with Crippen molar-refractivity contribution in [1.82, 2.24) is 5.32 Å². The van der Waals surface area contributed by atoms with Crippen LogP contribution in [0.2, 0.25) is 0 Å². The van der Waals surface area contributed by atoms with Crippen molar-refractivity contribution < 1.29 is 0 Å². The molecule has 18 heavy (non-hydrogen) atoms. The van der Waals surface area contributed by atoms with Gasteiger partial charge in [-0.1, -0.05) is 43.5 Å². The predicted octanol–water partition coefficient (Wildman–Crippen LogP) is 4.01. The van der Waals surface area contributed by atoms with Crippen LogP contribution in [0.25, 0.3) is 0 Å². The first kappa shape index (κ1) is 12.2. The van der Waals surface area contributed by atoms with E-state index in [2.05, 4.69) is 37.4 Å². The molecule has 1 fully saturated rings. The van der Waals surface area contributed by atoms with Crippen molar-refractivity contribution in [2.24, 2.45) is 11.8 Å². The standard InChI is InChI=1S/C17H25N/c1-12-6-7-14-8-9-17(16(14)10-12)18-11-15-5-3-4-13(15)2/h6-7,10,13,15,17-18H,3-5,8-9,11H2,1-2H3. The van der Waals surface area contributed by atoms with E-state index < -0.39 is 0 Å². The molecule has 0 aliphatic heterocycles. The van der Waals surface area contributed by atoms with Gasteiger partial charge < -0.3 is 5.32 Å². The molecule has 2 aliphatic rings. The van der Waals surface area contributed by atoms with Crippen LogP contribution in [-0.4, -0.2) is 6.54 Å². The summed E-state index contributed by atoms with van der Waals surface area (Å²) in [6.07, 6.45) is 6.86. The lowest BCUT2D eigenvalue weighted by Crippen LogP contribution is -2.27. The van der Waals surface area contributed by atoms with Crippen LogP contribution < -0.4 is 5.32 Å². The third-order valence-electron chi connectivity index (χ3n) is 5.04. The van der Waals surface area contributed by atoms with Gasteiger partial charge in [0, 0.05) is 6.04 Å². The fourth-order valence-electron chi connectivity index (χ4n) is 3.75. The van der Waals surface area contributed by atoms with E-state index in [0.717, 1.165) is 11.8 Å². The Hall–Kier alpha value is -0.820. The van der Waals surface area contributed by atoms with Crippen LogP contribution in [0, 0.1) is 18.8 Å². The molecule has 3 atom stereocenters. The van der Waals surface area contributed by atoms with E-state index in [9.17, 15) is 0 Å². The van der Waals surface area contributed by atoms with Crippen LogP contribution in [0.5, 0.6) is 0 Å². The monoisotopic (exact) mass is 243 g/mol. The second-order valence-corrected chi connectivity index (χ2v) is 6.37.